The first-order valence-corrected chi connectivity index (χ1v) is 13.4. The number of thioether (sulfide) groups is 1. The number of aromatic nitrogens is 2. The third-order valence-corrected chi connectivity index (χ3v) is 8.51. The van der Waals surface area contributed by atoms with Crippen molar-refractivity contribution >= 4 is 44.4 Å². The summed E-state index contributed by atoms with van der Waals surface area (Å²) in [6.07, 6.45) is 2.85. The highest BCUT2D eigenvalue weighted by Crippen LogP contribution is 2.28. The van der Waals surface area contributed by atoms with Crippen molar-refractivity contribution in [1.82, 2.24) is 13.9 Å². The van der Waals surface area contributed by atoms with Crippen molar-refractivity contribution < 1.29 is 17.9 Å². The number of amides is 1. The minimum Gasteiger partial charge on any atom is -0.497 e. The average Bonchev–Trinajstić information content (AvgIpc) is 3.20. The Morgan fingerprint density at radius 3 is 2.67 bits per heavy atom. The lowest BCUT2D eigenvalue weighted by molar-refractivity contribution is -0.113. The van der Waals surface area contributed by atoms with Crippen LogP contribution in [0.15, 0.2) is 52.5 Å². The molecule has 0 bridgehead atoms. The second-order valence-corrected chi connectivity index (χ2v) is 10.7. The van der Waals surface area contributed by atoms with Crippen molar-refractivity contribution in [2.75, 3.05) is 31.3 Å². The molecular weight excluding hydrogens is 460 g/mol. The van der Waals surface area contributed by atoms with Gasteiger partial charge in [-0.05, 0) is 50.1 Å². The molecule has 0 radical (unpaired) electrons. The van der Waals surface area contributed by atoms with Crippen molar-refractivity contribution in [1.29, 1.82) is 0 Å². The molecular formula is C23H28N4O4S2. The van der Waals surface area contributed by atoms with E-state index in [1.807, 2.05) is 29.7 Å². The number of nitrogens with one attached hydrogen (secondary N) is 1. The van der Waals surface area contributed by atoms with Gasteiger partial charge in [-0.1, -0.05) is 24.2 Å². The number of hydrogen-bond acceptors (Lipinski definition) is 6. The fourth-order valence-corrected chi connectivity index (χ4v) is 6.36. The Morgan fingerprint density at radius 2 is 1.94 bits per heavy atom. The summed E-state index contributed by atoms with van der Waals surface area (Å²) in [6, 6.07) is 12.3. The van der Waals surface area contributed by atoms with Crippen molar-refractivity contribution in [3.8, 4) is 5.75 Å². The first kappa shape index (κ1) is 23.6. The Morgan fingerprint density at radius 1 is 1.15 bits per heavy atom. The second-order valence-electron chi connectivity index (χ2n) is 7.82. The number of sulfonamides is 1. The number of benzene rings is 2. The van der Waals surface area contributed by atoms with E-state index in [1.165, 1.54) is 11.8 Å². The fourth-order valence-electron chi connectivity index (χ4n) is 3.95. The van der Waals surface area contributed by atoms with E-state index in [4.69, 9.17) is 4.74 Å². The van der Waals surface area contributed by atoms with Crippen LogP contribution < -0.4 is 10.1 Å². The number of ether oxygens (including phenoxy) is 1. The number of anilines is 1. The fraction of sp³-hybridized carbons (Fsp3) is 0.391. The van der Waals surface area contributed by atoms with Crippen LogP contribution in [0.25, 0.3) is 11.0 Å². The molecule has 0 unspecified atom stereocenters. The Hall–Kier alpha value is -2.56. The van der Waals surface area contributed by atoms with Crippen molar-refractivity contribution in [2.24, 2.45) is 0 Å². The maximum absolute atomic E-state index is 13.1. The number of rotatable bonds is 8. The molecule has 10 heteroatoms. The molecule has 0 spiro atoms. The first-order valence-electron chi connectivity index (χ1n) is 11.0. The van der Waals surface area contributed by atoms with E-state index >= 15 is 0 Å². The van der Waals surface area contributed by atoms with Gasteiger partial charge in [0.1, 0.15) is 5.75 Å². The molecule has 8 nitrogen and oxygen atoms in total. The Kier molecular flexibility index (Phi) is 7.26. The number of imidazole rings is 1. The molecule has 0 aliphatic carbocycles. The maximum atomic E-state index is 13.1. The van der Waals surface area contributed by atoms with Crippen LogP contribution in [0.5, 0.6) is 5.75 Å². The van der Waals surface area contributed by atoms with Gasteiger partial charge in [-0.15, -0.1) is 0 Å². The quantitative estimate of drug-likeness (QED) is 0.482. The largest absolute Gasteiger partial charge is 0.497 e. The molecule has 1 fully saturated rings. The lowest BCUT2D eigenvalue weighted by atomic mass is 10.2. The number of methoxy groups -OCH3 is 1. The molecule has 1 N–H and O–H groups in total. The Balaban J connectivity index is 1.51. The van der Waals surface area contributed by atoms with E-state index in [2.05, 4.69) is 10.3 Å². The summed E-state index contributed by atoms with van der Waals surface area (Å²) < 4.78 is 34.8. The number of nitrogens with zero attached hydrogens (tertiary/aromatic N) is 3. The van der Waals surface area contributed by atoms with Crippen LogP contribution in [0.3, 0.4) is 0 Å². The zero-order valence-electron chi connectivity index (χ0n) is 18.8. The molecule has 1 aliphatic rings. The number of carbonyl (C=O) groups excluding carboxylic acids is 1. The smallest absolute Gasteiger partial charge is 0.243 e. The molecule has 4 rings (SSSR count). The number of carbonyl (C=O) groups is 1. The van der Waals surface area contributed by atoms with E-state index in [-0.39, 0.29) is 16.6 Å². The van der Waals surface area contributed by atoms with E-state index in [1.54, 1.807) is 35.7 Å². The van der Waals surface area contributed by atoms with E-state index in [0.717, 1.165) is 24.8 Å². The SMILES string of the molecule is CCn1c(SCC(=O)Nc2cccc(OC)c2)nc2cc(S(=O)(=O)N3CCCCC3)ccc21. The van der Waals surface area contributed by atoms with Crippen LogP contribution in [-0.4, -0.2) is 54.1 Å². The normalized spacial score (nSPS) is 15.0. The topological polar surface area (TPSA) is 93.5 Å². The highest BCUT2D eigenvalue weighted by atomic mass is 32.2. The van der Waals surface area contributed by atoms with Gasteiger partial charge >= 0.3 is 0 Å². The Bertz CT molecular complexity index is 1250. The van der Waals surface area contributed by atoms with Gasteiger partial charge in [-0.2, -0.15) is 4.31 Å². The summed E-state index contributed by atoms with van der Waals surface area (Å²) in [7, 11) is -1.95. The van der Waals surface area contributed by atoms with Gasteiger partial charge in [0, 0.05) is 31.4 Å². The van der Waals surface area contributed by atoms with Crippen molar-refractivity contribution in [3.63, 3.8) is 0 Å². The van der Waals surface area contributed by atoms with Gasteiger partial charge in [0.05, 0.1) is 28.8 Å². The number of fused-ring (bicyclic) bond motifs is 1. The molecule has 33 heavy (non-hydrogen) atoms. The average molecular weight is 489 g/mol. The minimum absolute atomic E-state index is 0.156. The standard InChI is InChI=1S/C23H28N4O4S2/c1-3-27-21-11-10-19(33(29,30)26-12-5-4-6-13-26)15-20(21)25-23(27)32-16-22(28)24-17-8-7-9-18(14-17)31-2/h7-11,14-15H,3-6,12-13,16H2,1-2H3,(H,24,28). The first-order chi connectivity index (χ1) is 15.9. The predicted octanol–water partition coefficient (Wildman–Crippen LogP) is 3.97. The molecule has 176 valence electrons. The maximum Gasteiger partial charge on any atom is 0.243 e. The molecule has 1 saturated heterocycles. The van der Waals surface area contributed by atoms with Gasteiger partial charge in [-0.3, -0.25) is 4.79 Å². The van der Waals surface area contributed by atoms with Crippen LogP contribution in [0, 0.1) is 0 Å². The van der Waals surface area contributed by atoms with Crippen molar-refractivity contribution in [3.05, 3.63) is 42.5 Å². The van der Waals surface area contributed by atoms with Gasteiger partial charge < -0.3 is 14.6 Å². The molecule has 0 saturated carbocycles. The molecule has 0 atom stereocenters. The van der Waals surface area contributed by atoms with E-state index in [0.29, 0.717) is 41.7 Å². The highest BCUT2D eigenvalue weighted by molar-refractivity contribution is 7.99. The zero-order chi connectivity index (χ0) is 23.4. The van der Waals surface area contributed by atoms with Crippen LogP contribution in [0.1, 0.15) is 26.2 Å². The summed E-state index contributed by atoms with van der Waals surface area (Å²) in [4.78, 5) is 17.4. The zero-order valence-corrected chi connectivity index (χ0v) is 20.4. The van der Waals surface area contributed by atoms with Crippen LogP contribution >= 0.6 is 11.8 Å². The molecule has 2 aromatic carbocycles. The molecule has 1 amide bonds. The van der Waals surface area contributed by atoms with Gasteiger partial charge in [0.15, 0.2) is 5.16 Å². The lowest BCUT2D eigenvalue weighted by Gasteiger charge is -2.25. The molecule has 1 aromatic heterocycles. The monoisotopic (exact) mass is 488 g/mol. The summed E-state index contributed by atoms with van der Waals surface area (Å²) in [5, 5.41) is 3.54. The highest BCUT2D eigenvalue weighted by Gasteiger charge is 2.26. The Labute approximate surface area is 198 Å². The minimum atomic E-state index is -3.53. The van der Waals surface area contributed by atoms with Crippen LogP contribution in [0.4, 0.5) is 5.69 Å². The van der Waals surface area contributed by atoms with Crippen LogP contribution in [-0.2, 0) is 21.4 Å². The lowest BCUT2D eigenvalue weighted by Crippen LogP contribution is -2.35. The third-order valence-electron chi connectivity index (χ3n) is 5.64. The summed E-state index contributed by atoms with van der Waals surface area (Å²) in [5.74, 6) is 0.694. The summed E-state index contributed by atoms with van der Waals surface area (Å²) in [5.41, 5.74) is 2.13. The molecule has 2 heterocycles. The summed E-state index contributed by atoms with van der Waals surface area (Å²) in [6.45, 7) is 3.79. The predicted molar refractivity (Wildman–Crippen MR) is 130 cm³/mol. The van der Waals surface area contributed by atoms with E-state index in [9.17, 15) is 13.2 Å². The second kappa shape index (κ2) is 10.1. The summed E-state index contributed by atoms with van der Waals surface area (Å²) >= 11 is 1.32. The number of hydrogen-bond donors (Lipinski definition) is 1. The number of aryl methyl sites for hydroxylation is 1. The third kappa shape index (κ3) is 5.18. The number of piperidine rings is 1. The van der Waals surface area contributed by atoms with E-state index < -0.39 is 10.0 Å². The molecule has 3 aromatic rings. The molecule has 1 aliphatic heterocycles. The van der Waals surface area contributed by atoms with Crippen molar-refractivity contribution in [2.45, 2.75) is 42.8 Å². The van der Waals surface area contributed by atoms with Crippen LogP contribution in [0.2, 0.25) is 0 Å². The van der Waals surface area contributed by atoms with Gasteiger partial charge in [-0.25, -0.2) is 13.4 Å². The van der Waals surface area contributed by atoms with Gasteiger partial charge in [0.25, 0.3) is 0 Å². The van der Waals surface area contributed by atoms with Gasteiger partial charge in [0.2, 0.25) is 15.9 Å².